The van der Waals surface area contributed by atoms with Gasteiger partial charge in [0.15, 0.2) is 0 Å². The maximum atomic E-state index is 14.4. The van der Waals surface area contributed by atoms with E-state index < -0.39 is 0 Å². The lowest BCUT2D eigenvalue weighted by atomic mass is 10.2. The number of hydrogen-bond acceptors (Lipinski definition) is 2. The van der Waals surface area contributed by atoms with E-state index in [-0.39, 0.29) is 5.82 Å². The molecule has 2 aliphatic rings. The molecule has 0 radical (unpaired) electrons. The van der Waals surface area contributed by atoms with E-state index >= 15 is 0 Å². The van der Waals surface area contributed by atoms with Gasteiger partial charge in [0.25, 0.3) is 0 Å². The molecule has 3 rings (SSSR count). The summed E-state index contributed by atoms with van der Waals surface area (Å²) in [7, 11) is 0. The first-order chi connectivity index (χ1) is 9.34. The first-order valence-electron chi connectivity index (χ1n) is 7.64. The maximum absolute atomic E-state index is 14.4. The summed E-state index contributed by atoms with van der Waals surface area (Å²) in [5.41, 5.74) is 1.85. The lowest BCUT2D eigenvalue weighted by Gasteiger charge is -2.25. The van der Waals surface area contributed by atoms with Crippen LogP contribution in [0, 0.1) is 5.82 Å². The van der Waals surface area contributed by atoms with Gasteiger partial charge in [0.1, 0.15) is 5.82 Å². The van der Waals surface area contributed by atoms with Crippen LogP contribution in [-0.4, -0.2) is 26.2 Å². The SMILES string of the molecule is Fc1cc(N2CCCC2)ccc1N1CCCCCC1. The smallest absolute Gasteiger partial charge is 0.148 e. The number of anilines is 2. The molecule has 0 spiro atoms. The molecule has 2 heterocycles. The van der Waals surface area contributed by atoms with Crippen molar-refractivity contribution >= 4 is 11.4 Å². The average Bonchev–Trinajstić information content (AvgIpc) is 2.82. The highest BCUT2D eigenvalue weighted by Gasteiger charge is 2.17. The van der Waals surface area contributed by atoms with Crippen molar-refractivity contribution in [3.8, 4) is 0 Å². The van der Waals surface area contributed by atoms with Gasteiger partial charge in [0, 0.05) is 31.9 Å². The van der Waals surface area contributed by atoms with E-state index in [0.29, 0.717) is 0 Å². The van der Waals surface area contributed by atoms with Crippen LogP contribution in [0.3, 0.4) is 0 Å². The van der Waals surface area contributed by atoms with Crippen molar-refractivity contribution in [3.63, 3.8) is 0 Å². The predicted octanol–water partition coefficient (Wildman–Crippen LogP) is 3.81. The van der Waals surface area contributed by atoms with Crippen LogP contribution >= 0.6 is 0 Å². The number of nitrogens with zero attached hydrogens (tertiary/aromatic N) is 2. The van der Waals surface area contributed by atoms with Crippen LogP contribution in [0.15, 0.2) is 18.2 Å². The average molecular weight is 262 g/mol. The highest BCUT2D eigenvalue weighted by molar-refractivity contribution is 5.58. The summed E-state index contributed by atoms with van der Waals surface area (Å²) < 4.78 is 14.4. The van der Waals surface area contributed by atoms with Gasteiger partial charge in [0.2, 0.25) is 0 Å². The Balaban J connectivity index is 1.78. The zero-order chi connectivity index (χ0) is 13.1. The Labute approximate surface area is 115 Å². The second-order valence-electron chi connectivity index (χ2n) is 5.73. The van der Waals surface area contributed by atoms with Crippen molar-refractivity contribution in [1.82, 2.24) is 0 Å². The minimum Gasteiger partial charge on any atom is -0.371 e. The second-order valence-corrected chi connectivity index (χ2v) is 5.73. The van der Waals surface area contributed by atoms with Crippen LogP contribution in [-0.2, 0) is 0 Å². The minimum absolute atomic E-state index is 0.0497. The minimum atomic E-state index is -0.0497. The third-order valence-electron chi connectivity index (χ3n) is 4.35. The van der Waals surface area contributed by atoms with Gasteiger partial charge in [-0.15, -0.1) is 0 Å². The molecule has 0 aliphatic carbocycles. The summed E-state index contributed by atoms with van der Waals surface area (Å²) in [4.78, 5) is 4.51. The standard InChI is InChI=1S/C16H23FN2/c17-15-13-14(18-9-5-6-10-18)7-8-16(15)19-11-3-1-2-4-12-19/h7-8,13H,1-6,9-12H2. The van der Waals surface area contributed by atoms with Gasteiger partial charge in [-0.2, -0.15) is 0 Å². The van der Waals surface area contributed by atoms with Gasteiger partial charge in [-0.25, -0.2) is 4.39 Å². The van der Waals surface area contributed by atoms with Gasteiger partial charge in [-0.3, -0.25) is 0 Å². The fraction of sp³-hybridized carbons (Fsp3) is 0.625. The molecular formula is C16H23FN2. The molecule has 0 amide bonds. The quantitative estimate of drug-likeness (QED) is 0.799. The Kier molecular flexibility index (Phi) is 3.90. The lowest BCUT2D eigenvalue weighted by molar-refractivity contribution is 0.616. The van der Waals surface area contributed by atoms with Gasteiger partial charge in [-0.1, -0.05) is 12.8 Å². The molecule has 3 heteroatoms. The molecule has 104 valence electrons. The van der Waals surface area contributed by atoms with Gasteiger partial charge >= 0.3 is 0 Å². The summed E-state index contributed by atoms with van der Waals surface area (Å²) in [5, 5.41) is 0. The van der Waals surface area contributed by atoms with E-state index in [1.807, 2.05) is 6.07 Å². The van der Waals surface area contributed by atoms with Crippen molar-refractivity contribution < 1.29 is 4.39 Å². The predicted molar refractivity (Wildman–Crippen MR) is 78.5 cm³/mol. The molecule has 0 aromatic heterocycles. The van der Waals surface area contributed by atoms with Crippen LogP contribution in [0.1, 0.15) is 38.5 Å². The monoisotopic (exact) mass is 262 g/mol. The molecule has 0 unspecified atom stereocenters. The van der Waals surface area contributed by atoms with Crippen molar-refractivity contribution in [2.45, 2.75) is 38.5 Å². The summed E-state index contributed by atoms with van der Waals surface area (Å²) >= 11 is 0. The van der Waals surface area contributed by atoms with E-state index in [2.05, 4.69) is 15.9 Å². The van der Waals surface area contributed by atoms with Crippen molar-refractivity contribution in [2.24, 2.45) is 0 Å². The molecule has 0 saturated carbocycles. The van der Waals surface area contributed by atoms with Gasteiger partial charge in [-0.05, 0) is 43.9 Å². The zero-order valence-electron chi connectivity index (χ0n) is 11.6. The van der Waals surface area contributed by atoms with Crippen molar-refractivity contribution in [2.75, 3.05) is 36.0 Å². The molecular weight excluding hydrogens is 239 g/mol. The third-order valence-corrected chi connectivity index (χ3v) is 4.35. The second kappa shape index (κ2) is 5.81. The van der Waals surface area contributed by atoms with Crippen LogP contribution in [0.4, 0.5) is 15.8 Å². The summed E-state index contributed by atoms with van der Waals surface area (Å²) in [6.45, 7) is 4.14. The Hall–Kier alpha value is -1.25. The van der Waals surface area contributed by atoms with Crippen LogP contribution in [0.25, 0.3) is 0 Å². The molecule has 2 saturated heterocycles. The molecule has 1 aromatic rings. The number of rotatable bonds is 2. The largest absolute Gasteiger partial charge is 0.371 e. The summed E-state index contributed by atoms with van der Waals surface area (Å²) in [6, 6.07) is 5.80. The maximum Gasteiger partial charge on any atom is 0.148 e. The van der Waals surface area contributed by atoms with E-state index in [1.54, 1.807) is 6.07 Å². The molecule has 0 N–H and O–H groups in total. The zero-order valence-corrected chi connectivity index (χ0v) is 11.6. The Morgan fingerprint density at radius 2 is 1.32 bits per heavy atom. The fourth-order valence-electron chi connectivity index (χ4n) is 3.24. The Bertz CT molecular complexity index is 419. The van der Waals surface area contributed by atoms with E-state index in [1.165, 1.54) is 38.5 Å². The van der Waals surface area contributed by atoms with Crippen molar-refractivity contribution in [1.29, 1.82) is 0 Å². The molecule has 0 bridgehead atoms. The van der Waals surface area contributed by atoms with Gasteiger partial charge < -0.3 is 9.80 Å². The first-order valence-corrected chi connectivity index (χ1v) is 7.64. The lowest BCUT2D eigenvalue weighted by Crippen LogP contribution is -2.25. The van der Waals surface area contributed by atoms with E-state index in [4.69, 9.17) is 0 Å². The summed E-state index contributed by atoms with van der Waals surface area (Å²) in [5.74, 6) is -0.0497. The molecule has 2 aliphatic heterocycles. The molecule has 2 nitrogen and oxygen atoms in total. The topological polar surface area (TPSA) is 6.48 Å². The summed E-state index contributed by atoms with van der Waals surface area (Å²) in [6.07, 6.45) is 7.40. The number of benzene rings is 1. The molecule has 2 fully saturated rings. The highest BCUT2D eigenvalue weighted by Crippen LogP contribution is 2.28. The molecule has 0 atom stereocenters. The van der Waals surface area contributed by atoms with Crippen LogP contribution in [0.2, 0.25) is 0 Å². The molecule has 19 heavy (non-hydrogen) atoms. The highest BCUT2D eigenvalue weighted by atomic mass is 19.1. The normalized spacial score (nSPS) is 20.7. The molecule has 1 aromatic carbocycles. The Morgan fingerprint density at radius 3 is 1.95 bits per heavy atom. The first kappa shape index (κ1) is 12.8. The van der Waals surface area contributed by atoms with Crippen molar-refractivity contribution in [3.05, 3.63) is 24.0 Å². The van der Waals surface area contributed by atoms with Crippen LogP contribution in [0.5, 0.6) is 0 Å². The fourth-order valence-corrected chi connectivity index (χ4v) is 3.24. The van der Waals surface area contributed by atoms with E-state index in [9.17, 15) is 4.39 Å². The van der Waals surface area contributed by atoms with Crippen LogP contribution < -0.4 is 9.80 Å². The van der Waals surface area contributed by atoms with Gasteiger partial charge in [0.05, 0.1) is 5.69 Å². The number of halogens is 1. The van der Waals surface area contributed by atoms with E-state index in [0.717, 1.165) is 37.6 Å². The number of hydrogen-bond donors (Lipinski definition) is 0. The Morgan fingerprint density at radius 1 is 0.737 bits per heavy atom. The third kappa shape index (κ3) is 2.85.